The van der Waals surface area contributed by atoms with E-state index < -0.39 is 9.84 Å². The molecule has 1 aliphatic heterocycles. The quantitative estimate of drug-likeness (QED) is 0.725. The van der Waals surface area contributed by atoms with Crippen LogP contribution in [-0.2, 0) is 14.6 Å². The van der Waals surface area contributed by atoms with Crippen molar-refractivity contribution in [1.29, 1.82) is 0 Å². The smallest absolute Gasteiger partial charge is 0.237 e. The fraction of sp³-hybridized carbons (Fsp3) is 0.278. The van der Waals surface area contributed by atoms with Gasteiger partial charge in [-0.05, 0) is 30.7 Å². The van der Waals surface area contributed by atoms with Crippen LogP contribution in [0.3, 0.4) is 0 Å². The van der Waals surface area contributed by atoms with Crippen LogP contribution in [0.5, 0.6) is 0 Å². The lowest BCUT2D eigenvalue weighted by Gasteiger charge is -2.28. The highest BCUT2D eigenvalue weighted by Crippen LogP contribution is 2.29. The van der Waals surface area contributed by atoms with Crippen LogP contribution >= 0.6 is 23.4 Å². The van der Waals surface area contributed by atoms with E-state index >= 15 is 0 Å². The molecule has 1 heterocycles. The molecule has 0 aliphatic carbocycles. The summed E-state index contributed by atoms with van der Waals surface area (Å²) in [4.78, 5) is 15.4. The lowest BCUT2D eigenvalue weighted by molar-refractivity contribution is -0.116. The van der Waals surface area contributed by atoms with E-state index in [1.165, 1.54) is 11.8 Å². The molecule has 0 radical (unpaired) electrons. The van der Waals surface area contributed by atoms with E-state index in [9.17, 15) is 13.2 Å². The van der Waals surface area contributed by atoms with Gasteiger partial charge in [0.2, 0.25) is 5.91 Å². The summed E-state index contributed by atoms with van der Waals surface area (Å²) in [6.07, 6.45) is 0.472. The molecule has 7 heteroatoms. The second kappa shape index (κ2) is 7.81. The number of sulfone groups is 1. The molecule has 0 unspecified atom stereocenters. The van der Waals surface area contributed by atoms with Crippen molar-refractivity contribution in [3.8, 4) is 0 Å². The van der Waals surface area contributed by atoms with Gasteiger partial charge in [-0.25, -0.2) is 8.42 Å². The van der Waals surface area contributed by atoms with Crippen LogP contribution in [0.4, 0.5) is 5.69 Å². The number of hydrogen-bond donors (Lipinski definition) is 0. The maximum absolute atomic E-state index is 12.9. The Bertz CT molecular complexity index is 856. The Morgan fingerprint density at radius 2 is 1.80 bits per heavy atom. The zero-order chi connectivity index (χ0) is 17.9. The van der Waals surface area contributed by atoms with E-state index in [1.54, 1.807) is 11.0 Å². The molecule has 0 aromatic heterocycles. The van der Waals surface area contributed by atoms with E-state index in [0.29, 0.717) is 11.4 Å². The number of para-hydroxylation sites is 1. The summed E-state index contributed by atoms with van der Waals surface area (Å²) in [6.45, 7) is 0. The number of carbonyl (C=O) groups is 1. The van der Waals surface area contributed by atoms with Gasteiger partial charge in [0.15, 0.2) is 9.84 Å². The topological polar surface area (TPSA) is 54.5 Å². The van der Waals surface area contributed by atoms with Gasteiger partial charge in [0, 0.05) is 10.6 Å². The highest BCUT2D eigenvalue weighted by atomic mass is 35.5. The van der Waals surface area contributed by atoms with E-state index in [1.807, 2.05) is 48.5 Å². The van der Waals surface area contributed by atoms with Crippen molar-refractivity contribution in [2.45, 2.75) is 17.4 Å². The summed E-state index contributed by atoms with van der Waals surface area (Å²) in [5.74, 6) is 0.240. The van der Waals surface area contributed by atoms with Gasteiger partial charge in [0.25, 0.3) is 0 Å². The summed E-state index contributed by atoms with van der Waals surface area (Å²) >= 11 is 7.51. The van der Waals surface area contributed by atoms with Crippen LogP contribution in [0.2, 0.25) is 5.02 Å². The maximum Gasteiger partial charge on any atom is 0.237 e. The monoisotopic (exact) mass is 395 g/mol. The standard InChI is InChI=1S/C18H18ClNO3S2/c19-16-8-4-5-9-17(16)24-12-18(21)20(14-6-2-1-3-7-14)15-10-11-25(22,23)13-15/h1-9,15H,10-13H2/t15-/m0/s1. The molecule has 0 N–H and O–H groups in total. The third kappa shape index (κ3) is 4.57. The van der Waals surface area contributed by atoms with Gasteiger partial charge in [0.1, 0.15) is 0 Å². The van der Waals surface area contributed by atoms with Gasteiger partial charge in [-0.15, -0.1) is 11.8 Å². The summed E-state index contributed by atoms with van der Waals surface area (Å²) in [5.41, 5.74) is 0.731. The van der Waals surface area contributed by atoms with Crippen LogP contribution in [0, 0.1) is 0 Å². The molecule has 0 saturated carbocycles. The first-order valence-corrected chi connectivity index (χ1v) is 11.1. The Morgan fingerprint density at radius 1 is 1.12 bits per heavy atom. The van der Waals surface area contributed by atoms with Crippen molar-refractivity contribution in [2.75, 3.05) is 22.2 Å². The van der Waals surface area contributed by atoms with Gasteiger partial charge in [0.05, 0.1) is 28.3 Å². The number of amides is 1. The average molecular weight is 396 g/mol. The lowest BCUT2D eigenvalue weighted by atomic mass is 10.2. The van der Waals surface area contributed by atoms with Crippen molar-refractivity contribution in [1.82, 2.24) is 0 Å². The van der Waals surface area contributed by atoms with Gasteiger partial charge in [-0.1, -0.05) is 41.9 Å². The predicted octanol–water partition coefficient (Wildman–Crippen LogP) is 3.65. The normalized spacial score (nSPS) is 18.8. The molecule has 0 spiro atoms. The molecule has 2 aromatic carbocycles. The first-order chi connectivity index (χ1) is 12.0. The second-order valence-electron chi connectivity index (χ2n) is 5.88. The largest absolute Gasteiger partial charge is 0.308 e. The first kappa shape index (κ1) is 18.3. The van der Waals surface area contributed by atoms with Crippen LogP contribution in [0.1, 0.15) is 6.42 Å². The maximum atomic E-state index is 12.9. The summed E-state index contributed by atoms with van der Waals surface area (Å²) in [5, 5.41) is 0.606. The SMILES string of the molecule is O=C(CSc1ccccc1Cl)N(c1ccccc1)[C@H]1CCS(=O)(=O)C1. The van der Waals surface area contributed by atoms with E-state index in [4.69, 9.17) is 11.6 Å². The van der Waals surface area contributed by atoms with Crippen LogP contribution in [0.15, 0.2) is 59.5 Å². The number of carbonyl (C=O) groups excluding carboxylic acids is 1. The Labute approximate surface area is 157 Å². The summed E-state index contributed by atoms with van der Waals surface area (Å²) in [7, 11) is -3.08. The van der Waals surface area contributed by atoms with Gasteiger partial charge >= 0.3 is 0 Å². The van der Waals surface area contributed by atoms with Crippen molar-refractivity contribution in [2.24, 2.45) is 0 Å². The molecule has 0 bridgehead atoms. The molecule has 2 aromatic rings. The summed E-state index contributed by atoms with van der Waals surface area (Å²) in [6, 6.07) is 16.3. The van der Waals surface area contributed by atoms with E-state index in [-0.39, 0.29) is 29.2 Å². The van der Waals surface area contributed by atoms with E-state index in [0.717, 1.165) is 10.6 Å². The molecular weight excluding hydrogens is 378 g/mol. The average Bonchev–Trinajstić information content (AvgIpc) is 2.95. The molecule has 132 valence electrons. The van der Waals surface area contributed by atoms with Gasteiger partial charge in [-0.2, -0.15) is 0 Å². The molecule has 25 heavy (non-hydrogen) atoms. The molecule has 1 atom stereocenters. The Morgan fingerprint density at radius 3 is 2.44 bits per heavy atom. The minimum absolute atomic E-state index is 0.0182. The minimum Gasteiger partial charge on any atom is -0.308 e. The number of thioether (sulfide) groups is 1. The zero-order valence-electron chi connectivity index (χ0n) is 13.5. The molecule has 4 nitrogen and oxygen atoms in total. The minimum atomic E-state index is -3.08. The molecule has 1 fully saturated rings. The Balaban J connectivity index is 1.79. The fourth-order valence-electron chi connectivity index (χ4n) is 2.90. The zero-order valence-corrected chi connectivity index (χ0v) is 15.9. The van der Waals surface area contributed by atoms with Crippen molar-refractivity contribution >= 4 is 44.8 Å². The Hall–Kier alpha value is -1.50. The van der Waals surface area contributed by atoms with Crippen molar-refractivity contribution in [3.63, 3.8) is 0 Å². The molecular formula is C18H18ClNO3S2. The summed E-state index contributed by atoms with van der Waals surface area (Å²) < 4.78 is 23.7. The first-order valence-electron chi connectivity index (χ1n) is 7.91. The number of anilines is 1. The highest BCUT2D eigenvalue weighted by Gasteiger charge is 2.35. The van der Waals surface area contributed by atoms with Crippen LogP contribution in [-0.4, -0.2) is 37.6 Å². The molecule has 1 aliphatic rings. The third-order valence-corrected chi connectivity index (χ3v) is 7.31. The lowest BCUT2D eigenvalue weighted by Crippen LogP contribution is -2.42. The van der Waals surface area contributed by atoms with Crippen molar-refractivity contribution in [3.05, 3.63) is 59.6 Å². The van der Waals surface area contributed by atoms with Gasteiger partial charge < -0.3 is 4.90 Å². The van der Waals surface area contributed by atoms with Crippen LogP contribution in [0.25, 0.3) is 0 Å². The van der Waals surface area contributed by atoms with E-state index in [2.05, 4.69) is 0 Å². The Kier molecular flexibility index (Phi) is 5.71. The number of nitrogens with zero attached hydrogens (tertiary/aromatic N) is 1. The number of halogens is 1. The van der Waals surface area contributed by atoms with Crippen LogP contribution < -0.4 is 4.90 Å². The van der Waals surface area contributed by atoms with Gasteiger partial charge in [-0.3, -0.25) is 4.79 Å². The highest BCUT2D eigenvalue weighted by molar-refractivity contribution is 8.00. The van der Waals surface area contributed by atoms with Crippen molar-refractivity contribution < 1.29 is 13.2 Å². The number of rotatable bonds is 5. The molecule has 1 saturated heterocycles. The third-order valence-electron chi connectivity index (χ3n) is 4.06. The molecule has 1 amide bonds. The molecule has 3 rings (SSSR count). The second-order valence-corrected chi connectivity index (χ2v) is 9.53. The number of hydrogen-bond acceptors (Lipinski definition) is 4. The number of benzene rings is 2. The fourth-order valence-corrected chi connectivity index (χ4v) is 5.69. The predicted molar refractivity (Wildman–Crippen MR) is 103 cm³/mol.